The zero-order valence-corrected chi connectivity index (χ0v) is 18.7. The molecule has 3 aromatic rings. The Labute approximate surface area is 199 Å². The zero-order valence-electron chi connectivity index (χ0n) is 18.0. The van der Waals surface area contributed by atoms with Gasteiger partial charge in [-0.25, -0.2) is 4.79 Å². The van der Waals surface area contributed by atoms with E-state index in [1.165, 1.54) is 24.3 Å². The molecule has 2 aromatic carbocycles. The minimum atomic E-state index is -4.78. The van der Waals surface area contributed by atoms with E-state index in [-0.39, 0.29) is 28.6 Å². The van der Waals surface area contributed by atoms with Crippen LogP contribution in [0.15, 0.2) is 78.0 Å². The summed E-state index contributed by atoms with van der Waals surface area (Å²) in [5.74, 6) is -0.537. The molecule has 34 heavy (non-hydrogen) atoms. The van der Waals surface area contributed by atoms with Gasteiger partial charge in [0.15, 0.2) is 0 Å². The third-order valence-corrected chi connectivity index (χ3v) is 5.13. The molecule has 5 nitrogen and oxygen atoms in total. The van der Waals surface area contributed by atoms with Gasteiger partial charge in [-0.3, -0.25) is 9.98 Å². The third-order valence-electron chi connectivity index (χ3n) is 4.81. The maximum absolute atomic E-state index is 13.0. The van der Waals surface area contributed by atoms with Crippen LogP contribution in [0.3, 0.4) is 0 Å². The van der Waals surface area contributed by atoms with Gasteiger partial charge < -0.3 is 10.1 Å². The number of hydrogen-bond donors (Lipinski definition) is 1. The number of aliphatic imine (C=N–C) groups is 1. The fourth-order valence-electron chi connectivity index (χ4n) is 3.03. The fourth-order valence-corrected chi connectivity index (χ4v) is 3.21. The summed E-state index contributed by atoms with van der Waals surface area (Å²) < 4.78 is 44.3. The van der Waals surface area contributed by atoms with E-state index in [0.717, 1.165) is 5.56 Å². The first-order valence-electron chi connectivity index (χ1n) is 10.4. The molecular formula is C25H21ClF3N3O2. The van der Waals surface area contributed by atoms with E-state index >= 15 is 0 Å². The molecule has 1 N–H and O–H groups in total. The number of carbonyl (C=O) groups is 1. The van der Waals surface area contributed by atoms with E-state index in [1.807, 2.05) is 12.1 Å². The summed E-state index contributed by atoms with van der Waals surface area (Å²) in [5, 5.41) is 7.66. The number of nitrogens with one attached hydrogen (secondary N) is 1. The number of halogens is 4. The van der Waals surface area contributed by atoms with Crippen molar-refractivity contribution >= 4 is 34.7 Å². The normalized spacial score (nSPS) is 11.8. The summed E-state index contributed by atoms with van der Waals surface area (Å²) >= 11 is 6.10. The number of benzene rings is 2. The molecule has 0 unspecified atom stereocenters. The standard InChI is InChI=1S/C25H21ClF3N3O2/c26-20-7-1-2-8-21(20)32-22(15-23(30)25(27,28)29)18-9-11-19(12-10-18)24(33)34-14-4-6-17-5-3-13-31-16-17/h1-3,5,7-13,16,30H,4,6,14-15H2. The highest BCUT2D eigenvalue weighted by atomic mass is 35.5. The Morgan fingerprint density at radius 2 is 1.74 bits per heavy atom. The summed E-state index contributed by atoms with van der Waals surface area (Å²) in [6.45, 7) is 0.220. The number of nitrogens with zero attached hydrogens (tertiary/aromatic N) is 2. The van der Waals surface area contributed by atoms with E-state index in [1.54, 1.807) is 36.7 Å². The molecule has 9 heteroatoms. The van der Waals surface area contributed by atoms with Crippen LogP contribution in [0.25, 0.3) is 0 Å². The smallest absolute Gasteiger partial charge is 0.429 e. The molecule has 0 saturated carbocycles. The van der Waals surface area contributed by atoms with Gasteiger partial charge in [0.2, 0.25) is 0 Å². The fraction of sp³-hybridized carbons (Fsp3) is 0.200. The van der Waals surface area contributed by atoms with E-state index in [9.17, 15) is 18.0 Å². The predicted octanol–water partition coefficient (Wildman–Crippen LogP) is 6.62. The van der Waals surface area contributed by atoms with Gasteiger partial charge in [0, 0.05) is 18.8 Å². The maximum Gasteiger partial charge on any atom is 0.429 e. The number of aryl methyl sites for hydroxylation is 1. The Balaban J connectivity index is 1.70. The first-order valence-corrected chi connectivity index (χ1v) is 10.7. The van der Waals surface area contributed by atoms with Gasteiger partial charge in [-0.05, 0) is 54.3 Å². The first kappa shape index (κ1) is 25.1. The van der Waals surface area contributed by atoms with Crippen LogP contribution in [-0.4, -0.2) is 35.2 Å². The lowest BCUT2D eigenvalue weighted by molar-refractivity contribution is -0.0605. The van der Waals surface area contributed by atoms with Gasteiger partial charge in [-0.15, -0.1) is 0 Å². The third kappa shape index (κ3) is 7.25. The van der Waals surface area contributed by atoms with Crippen LogP contribution < -0.4 is 0 Å². The van der Waals surface area contributed by atoms with Crippen LogP contribution in [0.2, 0.25) is 5.02 Å². The van der Waals surface area contributed by atoms with E-state index < -0.39 is 24.3 Å². The molecule has 0 atom stereocenters. The number of carbonyl (C=O) groups excluding carboxylic acids is 1. The van der Waals surface area contributed by atoms with Crippen molar-refractivity contribution in [2.75, 3.05) is 6.61 Å². The highest BCUT2D eigenvalue weighted by Gasteiger charge is 2.35. The van der Waals surface area contributed by atoms with Crippen LogP contribution >= 0.6 is 11.6 Å². The average molecular weight is 488 g/mol. The Morgan fingerprint density at radius 3 is 2.38 bits per heavy atom. The molecule has 176 valence electrons. The summed E-state index contributed by atoms with van der Waals surface area (Å²) in [4.78, 5) is 20.6. The predicted molar refractivity (Wildman–Crippen MR) is 125 cm³/mol. The van der Waals surface area contributed by atoms with Crippen LogP contribution in [-0.2, 0) is 11.2 Å². The van der Waals surface area contributed by atoms with Crippen LogP contribution in [0.4, 0.5) is 18.9 Å². The Hall–Kier alpha value is -3.52. The largest absolute Gasteiger partial charge is 0.462 e. The number of ether oxygens (including phenoxy) is 1. The van der Waals surface area contributed by atoms with Crippen LogP contribution in [0.1, 0.15) is 34.3 Å². The van der Waals surface area contributed by atoms with Gasteiger partial charge in [0.05, 0.1) is 28.6 Å². The quantitative estimate of drug-likeness (QED) is 0.209. The van der Waals surface area contributed by atoms with Gasteiger partial charge in [0.1, 0.15) is 5.71 Å². The summed E-state index contributed by atoms with van der Waals surface area (Å²) in [6, 6.07) is 16.1. The first-order chi connectivity index (χ1) is 16.2. The second-order valence-corrected chi connectivity index (χ2v) is 7.75. The lowest BCUT2D eigenvalue weighted by atomic mass is 10.0. The molecule has 0 saturated heterocycles. The van der Waals surface area contributed by atoms with Crippen molar-refractivity contribution < 1.29 is 22.7 Å². The van der Waals surface area contributed by atoms with Crippen molar-refractivity contribution in [3.8, 4) is 0 Å². The monoisotopic (exact) mass is 487 g/mol. The van der Waals surface area contributed by atoms with E-state index in [2.05, 4.69) is 9.98 Å². The number of alkyl halides is 3. The molecule has 0 radical (unpaired) electrons. The topological polar surface area (TPSA) is 75.4 Å². The second kappa shape index (κ2) is 11.6. The molecule has 0 fully saturated rings. The molecule has 0 amide bonds. The Kier molecular flexibility index (Phi) is 8.54. The zero-order chi connectivity index (χ0) is 24.6. The minimum Gasteiger partial charge on any atom is -0.462 e. The lowest BCUT2D eigenvalue weighted by Crippen LogP contribution is -2.25. The van der Waals surface area contributed by atoms with E-state index in [0.29, 0.717) is 18.4 Å². The molecular weight excluding hydrogens is 467 g/mol. The van der Waals surface area contributed by atoms with Crippen LogP contribution in [0.5, 0.6) is 0 Å². The molecule has 1 heterocycles. The maximum atomic E-state index is 13.0. The molecule has 0 aliphatic carbocycles. The lowest BCUT2D eigenvalue weighted by Gasteiger charge is -2.12. The van der Waals surface area contributed by atoms with Gasteiger partial charge in [-0.2, -0.15) is 13.2 Å². The molecule has 0 aliphatic rings. The van der Waals surface area contributed by atoms with Gasteiger partial charge in [0.25, 0.3) is 0 Å². The highest BCUT2D eigenvalue weighted by molar-refractivity contribution is 6.33. The van der Waals surface area contributed by atoms with Crippen molar-refractivity contribution in [2.45, 2.75) is 25.4 Å². The highest BCUT2D eigenvalue weighted by Crippen LogP contribution is 2.27. The van der Waals surface area contributed by atoms with E-state index in [4.69, 9.17) is 21.7 Å². The molecule has 3 rings (SSSR count). The number of hydrogen-bond acceptors (Lipinski definition) is 5. The van der Waals surface area contributed by atoms with Crippen molar-refractivity contribution in [3.05, 3.63) is 94.8 Å². The van der Waals surface area contributed by atoms with Crippen molar-refractivity contribution in [3.63, 3.8) is 0 Å². The SMILES string of the molecule is N=C(CC(=Nc1ccccc1Cl)c1ccc(C(=O)OCCCc2cccnc2)cc1)C(F)(F)F. The van der Waals surface area contributed by atoms with Crippen molar-refractivity contribution in [2.24, 2.45) is 4.99 Å². The second-order valence-electron chi connectivity index (χ2n) is 7.34. The number of aromatic nitrogens is 1. The van der Waals surface area contributed by atoms with Crippen molar-refractivity contribution in [1.82, 2.24) is 4.98 Å². The van der Waals surface area contributed by atoms with Crippen LogP contribution in [0, 0.1) is 5.41 Å². The minimum absolute atomic E-state index is 0.00631. The molecule has 0 aliphatic heterocycles. The number of esters is 1. The van der Waals surface area contributed by atoms with Crippen molar-refractivity contribution in [1.29, 1.82) is 5.41 Å². The molecule has 0 bridgehead atoms. The number of pyridine rings is 1. The molecule has 1 aromatic heterocycles. The Bertz CT molecular complexity index is 1160. The van der Waals surface area contributed by atoms with Gasteiger partial charge >= 0.3 is 12.1 Å². The summed E-state index contributed by atoms with van der Waals surface area (Å²) in [7, 11) is 0. The molecule has 0 spiro atoms. The summed E-state index contributed by atoms with van der Waals surface area (Å²) in [6.07, 6.45) is -0.741. The summed E-state index contributed by atoms with van der Waals surface area (Å²) in [5.41, 5.74) is 0.487. The Morgan fingerprint density at radius 1 is 1.03 bits per heavy atom. The average Bonchev–Trinajstić information content (AvgIpc) is 2.82. The number of rotatable bonds is 9. The number of para-hydroxylation sites is 1. The van der Waals surface area contributed by atoms with Gasteiger partial charge in [-0.1, -0.05) is 41.9 Å².